The standard InChI is InChI=1S/C21H20FN3O2/c22-18-8-4-7-17(13-18)20-23-19(15-27-20)14-24-9-11-25(12-10-24)21(26)16-5-2-1-3-6-16/h1-8,13,15H,9-12,14H2. The van der Waals surface area contributed by atoms with Crippen molar-refractivity contribution < 1.29 is 13.6 Å². The second-order valence-corrected chi connectivity index (χ2v) is 6.59. The van der Waals surface area contributed by atoms with Crippen LogP contribution < -0.4 is 0 Å². The number of halogens is 1. The first-order chi connectivity index (χ1) is 13.2. The Balaban J connectivity index is 1.34. The minimum atomic E-state index is -0.313. The SMILES string of the molecule is O=C(c1ccccc1)N1CCN(Cc2coc(-c3cccc(F)c3)n2)CC1. The maximum Gasteiger partial charge on any atom is 0.253 e. The summed E-state index contributed by atoms with van der Waals surface area (Å²) < 4.78 is 18.8. The molecule has 2 aromatic carbocycles. The number of carbonyl (C=O) groups is 1. The Kier molecular flexibility index (Phi) is 4.98. The van der Waals surface area contributed by atoms with Gasteiger partial charge in [0.1, 0.15) is 12.1 Å². The molecule has 5 nitrogen and oxygen atoms in total. The van der Waals surface area contributed by atoms with Crippen LogP contribution in [0.5, 0.6) is 0 Å². The highest BCUT2D eigenvalue weighted by Crippen LogP contribution is 2.20. The number of carbonyl (C=O) groups excluding carboxylic acids is 1. The third-order valence-electron chi connectivity index (χ3n) is 4.69. The number of hydrogen-bond acceptors (Lipinski definition) is 4. The average Bonchev–Trinajstić information content (AvgIpc) is 3.17. The van der Waals surface area contributed by atoms with Gasteiger partial charge in [-0.2, -0.15) is 0 Å². The third-order valence-corrected chi connectivity index (χ3v) is 4.69. The first-order valence-corrected chi connectivity index (χ1v) is 8.96. The molecule has 1 aliphatic rings. The second-order valence-electron chi connectivity index (χ2n) is 6.59. The molecule has 0 bridgehead atoms. The number of benzene rings is 2. The molecular weight excluding hydrogens is 345 g/mol. The van der Waals surface area contributed by atoms with Gasteiger partial charge >= 0.3 is 0 Å². The lowest BCUT2D eigenvalue weighted by Gasteiger charge is -2.34. The van der Waals surface area contributed by atoms with Gasteiger partial charge in [0, 0.05) is 43.9 Å². The summed E-state index contributed by atoms with van der Waals surface area (Å²) in [5.41, 5.74) is 2.15. The summed E-state index contributed by atoms with van der Waals surface area (Å²) in [6, 6.07) is 15.6. The van der Waals surface area contributed by atoms with Crippen molar-refractivity contribution in [2.75, 3.05) is 26.2 Å². The largest absolute Gasteiger partial charge is 0.444 e. The van der Waals surface area contributed by atoms with Crippen molar-refractivity contribution in [1.29, 1.82) is 0 Å². The van der Waals surface area contributed by atoms with E-state index in [4.69, 9.17) is 4.42 Å². The average molecular weight is 365 g/mol. The van der Waals surface area contributed by atoms with Crippen LogP contribution in [0.15, 0.2) is 65.3 Å². The molecule has 0 aliphatic carbocycles. The van der Waals surface area contributed by atoms with Crippen molar-refractivity contribution in [1.82, 2.24) is 14.8 Å². The number of nitrogens with zero attached hydrogens (tertiary/aromatic N) is 3. The van der Waals surface area contributed by atoms with Crippen LogP contribution in [0.1, 0.15) is 16.1 Å². The molecule has 0 saturated carbocycles. The van der Waals surface area contributed by atoms with E-state index in [-0.39, 0.29) is 11.7 Å². The van der Waals surface area contributed by atoms with Crippen LogP contribution in [0.25, 0.3) is 11.5 Å². The van der Waals surface area contributed by atoms with Gasteiger partial charge in [0.05, 0.1) is 5.69 Å². The smallest absolute Gasteiger partial charge is 0.253 e. The van der Waals surface area contributed by atoms with Crippen molar-refractivity contribution in [3.05, 3.63) is 77.9 Å². The maximum absolute atomic E-state index is 13.3. The molecule has 1 aliphatic heterocycles. The van der Waals surface area contributed by atoms with Crippen LogP contribution in [-0.2, 0) is 6.54 Å². The van der Waals surface area contributed by atoms with Crippen molar-refractivity contribution in [3.8, 4) is 11.5 Å². The molecule has 27 heavy (non-hydrogen) atoms. The van der Waals surface area contributed by atoms with E-state index < -0.39 is 0 Å². The molecule has 0 radical (unpaired) electrons. The van der Waals surface area contributed by atoms with Gasteiger partial charge in [0.25, 0.3) is 5.91 Å². The van der Waals surface area contributed by atoms with Crippen LogP contribution in [0.2, 0.25) is 0 Å². The number of piperazine rings is 1. The number of aromatic nitrogens is 1. The minimum Gasteiger partial charge on any atom is -0.444 e. The molecule has 2 heterocycles. The van der Waals surface area contributed by atoms with Gasteiger partial charge in [-0.1, -0.05) is 24.3 Å². The van der Waals surface area contributed by atoms with Crippen LogP contribution in [-0.4, -0.2) is 46.9 Å². The number of amides is 1. The lowest BCUT2D eigenvalue weighted by atomic mass is 10.2. The molecule has 4 rings (SSSR count). The molecule has 1 saturated heterocycles. The van der Waals surface area contributed by atoms with E-state index in [0.29, 0.717) is 31.1 Å². The minimum absolute atomic E-state index is 0.0741. The van der Waals surface area contributed by atoms with E-state index in [1.54, 1.807) is 18.4 Å². The Labute approximate surface area is 157 Å². The molecule has 138 valence electrons. The van der Waals surface area contributed by atoms with Gasteiger partial charge in [-0.05, 0) is 30.3 Å². The van der Waals surface area contributed by atoms with Crippen LogP contribution in [0, 0.1) is 5.82 Å². The predicted octanol–water partition coefficient (Wildman–Crippen LogP) is 3.44. The summed E-state index contributed by atoms with van der Waals surface area (Å²) in [5.74, 6) is 0.180. The van der Waals surface area contributed by atoms with E-state index >= 15 is 0 Å². The number of rotatable bonds is 4. The lowest BCUT2D eigenvalue weighted by molar-refractivity contribution is 0.0627. The summed E-state index contributed by atoms with van der Waals surface area (Å²) in [4.78, 5) is 21.1. The van der Waals surface area contributed by atoms with Crippen molar-refractivity contribution in [2.45, 2.75) is 6.54 Å². The molecule has 3 aromatic rings. The normalized spacial score (nSPS) is 15.1. The predicted molar refractivity (Wildman–Crippen MR) is 99.5 cm³/mol. The highest BCUT2D eigenvalue weighted by Gasteiger charge is 2.22. The highest BCUT2D eigenvalue weighted by atomic mass is 19.1. The molecule has 0 spiro atoms. The molecular formula is C21H20FN3O2. The topological polar surface area (TPSA) is 49.6 Å². The van der Waals surface area contributed by atoms with E-state index in [1.165, 1.54) is 12.1 Å². The maximum atomic E-state index is 13.3. The van der Waals surface area contributed by atoms with Gasteiger partial charge < -0.3 is 9.32 Å². The van der Waals surface area contributed by atoms with E-state index in [2.05, 4.69) is 9.88 Å². The fourth-order valence-electron chi connectivity index (χ4n) is 3.24. The molecule has 0 atom stereocenters. The van der Waals surface area contributed by atoms with Crippen molar-refractivity contribution >= 4 is 5.91 Å². The Morgan fingerprint density at radius 3 is 2.56 bits per heavy atom. The Morgan fingerprint density at radius 2 is 1.81 bits per heavy atom. The van der Waals surface area contributed by atoms with Gasteiger partial charge in [-0.15, -0.1) is 0 Å². The summed E-state index contributed by atoms with van der Waals surface area (Å²) in [6.07, 6.45) is 1.61. The summed E-state index contributed by atoms with van der Waals surface area (Å²) in [5, 5.41) is 0. The third kappa shape index (κ3) is 4.06. The fraction of sp³-hybridized carbons (Fsp3) is 0.238. The van der Waals surface area contributed by atoms with Crippen LogP contribution in [0.4, 0.5) is 4.39 Å². The second kappa shape index (κ2) is 7.72. The first kappa shape index (κ1) is 17.4. The van der Waals surface area contributed by atoms with Gasteiger partial charge in [-0.25, -0.2) is 9.37 Å². The Morgan fingerprint density at radius 1 is 1.04 bits per heavy atom. The summed E-state index contributed by atoms with van der Waals surface area (Å²) >= 11 is 0. The number of oxazole rings is 1. The molecule has 6 heteroatoms. The van der Waals surface area contributed by atoms with Crippen molar-refractivity contribution in [3.63, 3.8) is 0 Å². The van der Waals surface area contributed by atoms with Crippen LogP contribution in [0.3, 0.4) is 0 Å². The van der Waals surface area contributed by atoms with Gasteiger partial charge in [-0.3, -0.25) is 9.69 Å². The fourth-order valence-corrected chi connectivity index (χ4v) is 3.24. The van der Waals surface area contributed by atoms with Gasteiger partial charge in [0.2, 0.25) is 5.89 Å². The Bertz CT molecular complexity index is 918. The molecule has 1 fully saturated rings. The van der Waals surface area contributed by atoms with E-state index in [1.807, 2.05) is 35.2 Å². The molecule has 1 aromatic heterocycles. The molecule has 0 N–H and O–H groups in total. The van der Waals surface area contributed by atoms with Crippen molar-refractivity contribution in [2.24, 2.45) is 0 Å². The zero-order valence-corrected chi connectivity index (χ0v) is 14.8. The monoisotopic (exact) mass is 365 g/mol. The summed E-state index contributed by atoms with van der Waals surface area (Å²) in [6.45, 7) is 3.57. The van der Waals surface area contributed by atoms with E-state index in [0.717, 1.165) is 24.3 Å². The first-order valence-electron chi connectivity index (χ1n) is 8.96. The molecule has 1 amide bonds. The lowest BCUT2D eigenvalue weighted by Crippen LogP contribution is -2.48. The highest BCUT2D eigenvalue weighted by molar-refractivity contribution is 5.94. The van der Waals surface area contributed by atoms with Gasteiger partial charge in [0.15, 0.2) is 0 Å². The van der Waals surface area contributed by atoms with Crippen LogP contribution >= 0.6 is 0 Å². The summed E-state index contributed by atoms with van der Waals surface area (Å²) in [7, 11) is 0. The van der Waals surface area contributed by atoms with E-state index in [9.17, 15) is 9.18 Å². The zero-order valence-electron chi connectivity index (χ0n) is 14.8. The Hall–Kier alpha value is -2.99. The zero-order chi connectivity index (χ0) is 18.6. The number of hydrogen-bond donors (Lipinski definition) is 0. The molecule has 0 unspecified atom stereocenters. The quantitative estimate of drug-likeness (QED) is 0.711.